The molecule has 3 nitrogen and oxygen atoms in total. The summed E-state index contributed by atoms with van der Waals surface area (Å²) >= 11 is 0. The maximum atomic E-state index is 12.0. The zero-order valence-electron chi connectivity index (χ0n) is 14.2. The van der Waals surface area contributed by atoms with Crippen molar-refractivity contribution >= 4 is 11.6 Å². The Balaban J connectivity index is 1.36. The zero-order chi connectivity index (χ0) is 16.6. The molecule has 1 heterocycles. The summed E-state index contributed by atoms with van der Waals surface area (Å²) in [4.78, 5) is 14.4. The van der Waals surface area contributed by atoms with Gasteiger partial charge in [0, 0.05) is 18.7 Å². The van der Waals surface area contributed by atoms with Crippen molar-refractivity contribution < 1.29 is 4.79 Å². The number of para-hydroxylation sites is 1. The number of hydrogen-bond donors (Lipinski definition) is 1. The molecule has 1 N–H and O–H groups in total. The monoisotopic (exact) mass is 322 g/mol. The molecule has 1 amide bonds. The van der Waals surface area contributed by atoms with Gasteiger partial charge in [0.25, 0.3) is 0 Å². The van der Waals surface area contributed by atoms with Crippen LogP contribution in [0.15, 0.2) is 60.7 Å². The molecule has 1 aliphatic heterocycles. The third kappa shape index (κ3) is 5.20. The number of likely N-dealkylation sites (tertiary alicyclic amines) is 1. The van der Waals surface area contributed by atoms with Gasteiger partial charge in [-0.1, -0.05) is 48.5 Å². The van der Waals surface area contributed by atoms with Gasteiger partial charge in [-0.25, -0.2) is 0 Å². The average molecular weight is 322 g/mol. The Hall–Kier alpha value is -2.13. The van der Waals surface area contributed by atoms with E-state index in [1.54, 1.807) is 0 Å². The van der Waals surface area contributed by atoms with E-state index in [2.05, 4.69) is 40.5 Å². The normalized spacial score (nSPS) is 16.0. The third-order valence-electron chi connectivity index (χ3n) is 4.79. The Bertz CT molecular complexity index is 619. The number of benzene rings is 2. The molecule has 3 rings (SSSR count). The minimum atomic E-state index is 0.104. The first kappa shape index (κ1) is 16.7. The molecule has 2 aromatic rings. The highest BCUT2D eigenvalue weighted by molar-refractivity contribution is 5.90. The number of amides is 1. The number of nitrogens with zero attached hydrogens (tertiary/aromatic N) is 1. The van der Waals surface area contributed by atoms with Crippen molar-refractivity contribution in [1.82, 2.24) is 4.90 Å². The summed E-state index contributed by atoms with van der Waals surface area (Å²) in [6, 6.07) is 20.4. The molecule has 1 fully saturated rings. The van der Waals surface area contributed by atoms with Crippen molar-refractivity contribution in [2.24, 2.45) is 5.92 Å². The van der Waals surface area contributed by atoms with E-state index in [1.165, 1.54) is 24.8 Å². The maximum Gasteiger partial charge on any atom is 0.225 e. The molecule has 1 aliphatic rings. The molecular weight excluding hydrogens is 296 g/mol. The summed E-state index contributed by atoms with van der Waals surface area (Å²) in [5.41, 5.74) is 2.32. The summed E-state index contributed by atoms with van der Waals surface area (Å²) in [7, 11) is 0. The number of nitrogens with one attached hydrogen (secondary N) is 1. The van der Waals surface area contributed by atoms with Crippen LogP contribution >= 0.6 is 0 Å². The van der Waals surface area contributed by atoms with E-state index >= 15 is 0 Å². The Kier molecular flexibility index (Phi) is 6.02. The summed E-state index contributed by atoms with van der Waals surface area (Å²) in [6.07, 6.45) is 4.21. The Labute approximate surface area is 144 Å². The van der Waals surface area contributed by atoms with Crippen molar-refractivity contribution in [1.29, 1.82) is 0 Å². The fourth-order valence-corrected chi connectivity index (χ4v) is 3.37. The second-order valence-corrected chi connectivity index (χ2v) is 6.64. The SMILES string of the molecule is O=C(CCN1CCC(Cc2ccccc2)CC1)Nc1ccccc1. The summed E-state index contributed by atoms with van der Waals surface area (Å²) in [5.74, 6) is 0.884. The van der Waals surface area contributed by atoms with E-state index in [4.69, 9.17) is 0 Å². The van der Waals surface area contributed by atoms with Crippen molar-refractivity contribution in [3.63, 3.8) is 0 Å². The molecule has 24 heavy (non-hydrogen) atoms. The number of carbonyl (C=O) groups excluding carboxylic acids is 1. The van der Waals surface area contributed by atoms with Crippen LogP contribution in [0.3, 0.4) is 0 Å². The van der Waals surface area contributed by atoms with Gasteiger partial charge in [-0.05, 0) is 56.0 Å². The van der Waals surface area contributed by atoms with Crippen LogP contribution < -0.4 is 5.32 Å². The van der Waals surface area contributed by atoms with Gasteiger partial charge in [-0.3, -0.25) is 4.79 Å². The number of anilines is 1. The summed E-state index contributed by atoms with van der Waals surface area (Å²) in [5, 5.41) is 2.96. The molecule has 0 spiro atoms. The number of rotatable bonds is 6. The van der Waals surface area contributed by atoms with Gasteiger partial charge in [0.15, 0.2) is 0 Å². The molecular formula is C21H26N2O. The van der Waals surface area contributed by atoms with Gasteiger partial charge in [-0.2, -0.15) is 0 Å². The lowest BCUT2D eigenvalue weighted by Crippen LogP contribution is -2.36. The molecule has 0 radical (unpaired) electrons. The Morgan fingerprint density at radius 2 is 1.58 bits per heavy atom. The van der Waals surface area contributed by atoms with Gasteiger partial charge in [0.2, 0.25) is 5.91 Å². The van der Waals surface area contributed by atoms with Crippen LogP contribution in [-0.2, 0) is 11.2 Å². The molecule has 0 aromatic heterocycles. The lowest BCUT2D eigenvalue weighted by atomic mass is 9.90. The first-order valence-corrected chi connectivity index (χ1v) is 8.91. The summed E-state index contributed by atoms with van der Waals surface area (Å²) in [6.45, 7) is 3.07. The second-order valence-electron chi connectivity index (χ2n) is 6.64. The lowest BCUT2D eigenvalue weighted by molar-refractivity contribution is -0.116. The average Bonchev–Trinajstić information content (AvgIpc) is 2.63. The lowest BCUT2D eigenvalue weighted by Gasteiger charge is -2.31. The van der Waals surface area contributed by atoms with Crippen LogP contribution in [0.2, 0.25) is 0 Å². The molecule has 1 saturated heterocycles. The van der Waals surface area contributed by atoms with Gasteiger partial charge < -0.3 is 10.2 Å². The molecule has 2 aromatic carbocycles. The highest BCUT2D eigenvalue weighted by Crippen LogP contribution is 2.21. The minimum Gasteiger partial charge on any atom is -0.326 e. The van der Waals surface area contributed by atoms with E-state index in [-0.39, 0.29) is 5.91 Å². The maximum absolute atomic E-state index is 12.0. The largest absolute Gasteiger partial charge is 0.326 e. The predicted molar refractivity (Wildman–Crippen MR) is 99.0 cm³/mol. The quantitative estimate of drug-likeness (QED) is 0.873. The van der Waals surface area contributed by atoms with E-state index in [9.17, 15) is 4.79 Å². The second kappa shape index (κ2) is 8.65. The highest BCUT2D eigenvalue weighted by atomic mass is 16.1. The molecule has 0 bridgehead atoms. The van der Waals surface area contributed by atoms with E-state index in [1.807, 2.05) is 30.3 Å². The van der Waals surface area contributed by atoms with Crippen LogP contribution in [0.1, 0.15) is 24.8 Å². The third-order valence-corrected chi connectivity index (χ3v) is 4.79. The smallest absolute Gasteiger partial charge is 0.225 e. The highest BCUT2D eigenvalue weighted by Gasteiger charge is 2.19. The van der Waals surface area contributed by atoms with E-state index in [0.29, 0.717) is 6.42 Å². The topological polar surface area (TPSA) is 32.3 Å². The van der Waals surface area contributed by atoms with Gasteiger partial charge in [-0.15, -0.1) is 0 Å². The van der Waals surface area contributed by atoms with Crippen molar-refractivity contribution in [3.8, 4) is 0 Å². The van der Waals surface area contributed by atoms with Gasteiger partial charge >= 0.3 is 0 Å². The molecule has 126 valence electrons. The Morgan fingerprint density at radius 3 is 2.25 bits per heavy atom. The molecule has 3 heteroatoms. The van der Waals surface area contributed by atoms with Crippen LogP contribution in [0.5, 0.6) is 0 Å². The van der Waals surface area contributed by atoms with E-state index in [0.717, 1.165) is 31.2 Å². The van der Waals surface area contributed by atoms with Gasteiger partial charge in [0.05, 0.1) is 0 Å². The van der Waals surface area contributed by atoms with Crippen molar-refractivity contribution in [2.45, 2.75) is 25.7 Å². The standard InChI is InChI=1S/C21H26N2O/c24-21(22-20-9-5-2-6-10-20)13-16-23-14-11-19(12-15-23)17-18-7-3-1-4-8-18/h1-10,19H,11-17H2,(H,22,24). The van der Waals surface area contributed by atoms with Crippen LogP contribution in [-0.4, -0.2) is 30.4 Å². The van der Waals surface area contributed by atoms with Crippen molar-refractivity contribution in [3.05, 3.63) is 66.2 Å². The van der Waals surface area contributed by atoms with E-state index < -0.39 is 0 Å². The fraction of sp³-hybridized carbons (Fsp3) is 0.381. The first-order chi connectivity index (χ1) is 11.8. The summed E-state index contributed by atoms with van der Waals surface area (Å²) < 4.78 is 0. The molecule has 0 aliphatic carbocycles. The van der Waals surface area contributed by atoms with Crippen LogP contribution in [0.25, 0.3) is 0 Å². The fourth-order valence-electron chi connectivity index (χ4n) is 3.37. The Morgan fingerprint density at radius 1 is 0.958 bits per heavy atom. The molecule has 0 unspecified atom stereocenters. The number of carbonyl (C=O) groups is 1. The van der Waals surface area contributed by atoms with Crippen LogP contribution in [0.4, 0.5) is 5.69 Å². The number of piperidine rings is 1. The minimum absolute atomic E-state index is 0.104. The van der Waals surface area contributed by atoms with Gasteiger partial charge in [0.1, 0.15) is 0 Å². The van der Waals surface area contributed by atoms with Crippen molar-refractivity contribution in [2.75, 3.05) is 25.0 Å². The van der Waals surface area contributed by atoms with Crippen LogP contribution in [0, 0.1) is 5.92 Å². The molecule has 0 atom stereocenters. The zero-order valence-corrected chi connectivity index (χ0v) is 14.2. The first-order valence-electron chi connectivity index (χ1n) is 8.91. The predicted octanol–water partition coefficient (Wildman–Crippen LogP) is 3.97. The molecule has 0 saturated carbocycles. The number of hydrogen-bond acceptors (Lipinski definition) is 2.